The van der Waals surface area contributed by atoms with Crippen molar-refractivity contribution < 1.29 is 18.0 Å². The SMILES string of the molecule is Cc1c(-c2ccnn2-c2ccc(C#N)cc2)cn2nc(NC(=O)NC3CCCCC3)nc2c1-c1cccc(C(F)(F)F)c1. The molecule has 0 radical (unpaired) electrons. The first kappa shape index (κ1) is 28.0. The third-order valence-electron chi connectivity index (χ3n) is 7.69. The van der Waals surface area contributed by atoms with E-state index in [2.05, 4.69) is 31.9 Å². The van der Waals surface area contributed by atoms with Crippen molar-refractivity contribution in [3.05, 3.63) is 83.7 Å². The smallest absolute Gasteiger partial charge is 0.335 e. The number of rotatable bonds is 5. The Kier molecular flexibility index (Phi) is 7.31. The number of nitrogens with zero attached hydrogens (tertiary/aromatic N) is 6. The molecule has 1 aliphatic carbocycles. The van der Waals surface area contributed by atoms with E-state index >= 15 is 0 Å². The fourth-order valence-corrected chi connectivity index (χ4v) is 5.57. The van der Waals surface area contributed by atoms with Crippen LogP contribution in [-0.4, -0.2) is 36.5 Å². The highest BCUT2D eigenvalue weighted by Crippen LogP contribution is 2.38. The molecule has 6 rings (SSSR count). The molecule has 2 aromatic carbocycles. The lowest BCUT2D eigenvalue weighted by Gasteiger charge is -2.22. The van der Waals surface area contributed by atoms with Gasteiger partial charge in [-0.1, -0.05) is 31.4 Å². The highest BCUT2D eigenvalue weighted by Gasteiger charge is 2.31. The molecule has 1 saturated carbocycles. The van der Waals surface area contributed by atoms with E-state index in [-0.39, 0.29) is 17.6 Å². The van der Waals surface area contributed by atoms with Crippen LogP contribution in [0.25, 0.3) is 33.7 Å². The molecule has 1 aliphatic rings. The average molecular weight is 585 g/mol. The van der Waals surface area contributed by atoms with Gasteiger partial charge in [-0.3, -0.25) is 5.32 Å². The third kappa shape index (κ3) is 5.66. The fraction of sp³-hybridized carbons (Fsp3) is 0.258. The minimum atomic E-state index is -4.54. The molecule has 9 nitrogen and oxygen atoms in total. The molecule has 1 fully saturated rings. The second-order valence-corrected chi connectivity index (χ2v) is 10.5. The van der Waals surface area contributed by atoms with E-state index in [0.717, 1.165) is 44.2 Å². The first-order chi connectivity index (χ1) is 20.7. The van der Waals surface area contributed by atoms with E-state index < -0.39 is 17.8 Å². The molecular weight excluding hydrogens is 557 g/mol. The van der Waals surface area contributed by atoms with Gasteiger partial charge in [0.25, 0.3) is 5.95 Å². The van der Waals surface area contributed by atoms with E-state index in [1.165, 1.54) is 10.6 Å². The monoisotopic (exact) mass is 584 g/mol. The predicted octanol–water partition coefficient (Wildman–Crippen LogP) is 6.90. The first-order valence-electron chi connectivity index (χ1n) is 13.9. The van der Waals surface area contributed by atoms with Crippen molar-refractivity contribution in [1.82, 2.24) is 29.7 Å². The number of halogens is 3. The van der Waals surface area contributed by atoms with Crippen molar-refractivity contribution in [2.45, 2.75) is 51.2 Å². The average Bonchev–Trinajstić information content (AvgIpc) is 3.64. The topological polar surface area (TPSA) is 113 Å². The van der Waals surface area contributed by atoms with Crippen LogP contribution in [0.4, 0.5) is 23.9 Å². The predicted molar refractivity (Wildman–Crippen MR) is 154 cm³/mol. The molecule has 0 saturated heterocycles. The molecule has 3 aromatic heterocycles. The van der Waals surface area contributed by atoms with Crippen LogP contribution in [0.1, 0.15) is 48.8 Å². The Balaban J connectivity index is 1.47. The summed E-state index contributed by atoms with van der Waals surface area (Å²) in [6, 6.07) is 15.5. The number of benzene rings is 2. The fourth-order valence-electron chi connectivity index (χ4n) is 5.57. The minimum Gasteiger partial charge on any atom is -0.335 e. The summed E-state index contributed by atoms with van der Waals surface area (Å²) in [4.78, 5) is 17.3. The maximum absolute atomic E-state index is 13.7. The van der Waals surface area contributed by atoms with Crippen LogP contribution >= 0.6 is 0 Å². The first-order valence-corrected chi connectivity index (χ1v) is 13.9. The summed E-state index contributed by atoms with van der Waals surface area (Å²) in [6.07, 6.45) is 3.86. The van der Waals surface area contributed by atoms with Gasteiger partial charge in [-0.25, -0.2) is 14.0 Å². The van der Waals surface area contributed by atoms with Crippen LogP contribution in [0.5, 0.6) is 0 Å². The minimum absolute atomic E-state index is 0.0266. The lowest BCUT2D eigenvalue weighted by molar-refractivity contribution is -0.137. The van der Waals surface area contributed by atoms with Gasteiger partial charge in [0, 0.05) is 23.4 Å². The van der Waals surface area contributed by atoms with E-state index in [9.17, 15) is 23.2 Å². The Labute approximate surface area is 245 Å². The van der Waals surface area contributed by atoms with E-state index in [0.29, 0.717) is 39.2 Å². The summed E-state index contributed by atoms with van der Waals surface area (Å²) in [5.41, 5.74) is 3.36. The highest BCUT2D eigenvalue weighted by molar-refractivity contribution is 5.90. The zero-order valence-corrected chi connectivity index (χ0v) is 23.2. The van der Waals surface area contributed by atoms with E-state index in [1.54, 1.807) is 60.4 Å². The van der Waals surface area contributed by atoms with Gasteiger partial charge >= 0.3 is 12.2 Å². The van der Waals surface area contributed by atoms with Crippen LogP contribution < -0.4 is 10.6 Å². The van der Waals surface area contributed by atoms with Gasteiger partial charge in [0.2, 0.25) is 0 Å². The van der Waals surface area contributed by atoms with Gasteiger partial charge in [-0.05, 0) is 73.4 Å². The number of alkyl halides is 3. The van der Waals surface area contributed by atoms with Gasteiger partial charge in [0.15, 0.2) is 5.65 Å². The molecule has 43 heavy (non-hydrogen) atoms. The maximum atomic E-state index is 13.7. The summed E-state index contributed by atoms with van der Waals surface area (Å²) in [5, 5.41) is 23.8. The van der Waals surface area contributed by atoms with E-state index in [4.69, 9.17) is 0 Å². The maximum Gasteiger partial charge on any atom is 0.416 e. The molecule has 0 aliphatic heterocycles. The Hall–Kier alpha value is -5.18. The van der Waals surface area contributed by atoms with Gasteiger partial charge in [-0.15, -0.1) is 5.10 Å². The Bertz CT molecular complexity index is 1840. The van der Waals surface area contributed by atoms with Crippen molar-refractivity contribution in [3.8, 4) is 34.1 Å². The van der Waals surface area contributed by atoms with Crippen LogP contribution in [0, 0.1) is 18.3 Å². The quantitative estimate of drug-likeness (QED) is 0.233. The summed E-state index contributed by atoms with van der Waals surface area (Å²) in [5.74, 6) is 0.0266. The van der Waals surface area contributed by atoms with Crippen molar-refractivity contribution in [2.75, 3.05) is 5.32 Å². The summed E-state index contributed by atoms with van der Waals surface area (Å²) < 4.78 is 44.3. The Morgan fingerprint density at radius 1 is 1.07 bits per heavy atom. The van der Waals surface area contributed by atoms with E-state index in [1.807, 2.05) is 0 Å². The molecule has 218 valence electrons. The Morgan fingerprint density at radius 2 is 1.84 bits per heavy atom. The molecule has 2 amide bonds. The van der Waals surface area contributed by atoms with Crippen molar-refractivity contribution >= 4 is 17.6 Å². The molecule has 0 unspecified atom stereocenters. The van der Waals surface area contributed by atoms with Crippen LogP contribution in [0.3, 0.4) is 0 Å². The normalized spacial score (nSPS) is 14.0. The molecule has 5 aromatic rings. The zero-order valence-electron chi connectivity index (χ0n) is 23.2. The lowest BCUT2D eigenvalue weighted by atomic mass is 9.95. The number of hydrogen-bond donors (Lipinski definition) is 2. The number of carbonyl (C=O) groups is 1. The molecule has 0 bridgehead atoms. The summed E-state index contributed by atoms with van der Waals surface area (Å²) >= 11 is 0. The molecule has 3 heterocycles. The number of amides is 2. The zero-order chi connectivity index (χ0) is 30.1. The largest absolute Gasteiger partial charge is 0.416 e. The van der Waals surface area contributed by atoms with Crippen LogP contribution in [0.2, 0.25) is 0 Å². The molecule has 2 N–H and O–H groups in total. The number of pyridine rings is 1. The number of nitriles is 1. The van der Waals surface area contributed by atoms with Crippen molar-refractivity contribution in [1.29, 1.82) is 5.26 Å². The molecule has 0 atom stereocenters. The number of anilines is 1. The number of urea groups is 1. The highest BCUT2D eigenvalue weighted by atomic mass is 19.4. The van der Waals surface area contributed by atoms with Crippen molar-refractivity contribution in [3.63, 3.8) is 0 Å². The third-order valence-corrected chi connectivity index (χ3v) is 7.69. The number of nitrogens with one attached hydrogen (secondary N) is 2. The molecular formula is C31H27F3N8O. The van der Waals surface area contributed by atoms with Gasteiger partial charge in [-0.2, -0.15) is 28.5 Å². The van der Waals surface area contributed by atoms with Crippen LogP contribution in [-0.2, 0) is 6.18 Å². The second kappa shape index (κ2) is 11.2. The van der Waals surface area contributed by atoms with Gasteiger partial charge in [0.05, 0.1) is 34.8 Å². The number of carbonyl (C=O) groups excluding carboxylic acids is 1. The number of hydrogen-bond acceptors (Lipinski definition) is 5. The second-order valence-electron chi connectivity index (χ2n) is 10.5. The van der Waals surface area contributed by atoms with Gasteiger partial charge < -0.3 is 5.32 Å². The lowest BCUT2D eigenvalue weighted by Crippen LogP contribution is -2.39. The summed E-state index contributed by atoms with van der Waals surface area (Å²) in [6.45, 7) is 1.80. The number of aromatic nitrogens is 5. The van der Waals surface area contributed by atoms with Crippen LogP contribution in [0.15, 0.2) is 67.0 Å². The van der Waals surface area contributed by atoms with Gasteiger partial charge in [0.1, 0.15) is 0 Å². The molecule has 12 heteroatoms. The molecule has 0 spiro atoms. The number of fused-ring (bicyclic) bond motifs is 1. The van der Waals surface area contributed by atoms with Crippen molar-refractivity contribution in [2.24, 2.45) is 0 Å². The standard InChI is InChI=1S/C31H27F3N8O/c1-19-25(26-14-15-36-42(26)24-12-10-20(17-35)11-13-24)18-41-28(27(19)21-6-5-7-22(16-21)31(32,33)34)38-29(40-41)39-30(43)37-23-8-3-2-4-9-23/h5-7,10-16,18,23H,2-4,8-9H2,1H3,(H2,37,39,40,43). The summed E-state index contributed by atoms with van der Waals surface area (Å²) in [7, 11) is 0. The Morgan fingerprint density at radius 3 is 2.56 bits per heavy atom.